The summed E-state index contributed by atoms with van der Waals surface area (Å²) in [7, 11) is 6.13. The second kappa shape index (κ2) is 8.80. The molecule has 0 N–H and O–H groups in total. The summed E-state index contributed by atoms with van der Waals surface area (Å²) < 4.78 is 28.1. The molecule has 4 aromatic rings. The van der Waals surface area contributed by atoms with Gasteiger partial charge in [-0.05, 0) is 36.4 Å². The molecular weight excluding hydrogens is 416 g/mol. The fourth-order valence-electron chi connectivity index (χ4n) is 3.08. The quantitative estimate of drug-likeness (QED) is 0.432. The third kappa shape index (κ3) is 3.85. The summed E-state index contributed by atoms with van der Waals surface area (Å²) in [5.74, 6) is 2.25. The van der Waals surface area contributed by atoms with Gasteiger partial charge in [0.1, 0.15) is 5.75 Å². The first-order valence-corrected chi connectivity index (χ1v) is 9.46. The zero-order valence-corrected chi connectivity index (χ0v) is 17.9. The highest BCUT2D eigenvalue weighted by Crippen LogP contribution is 2.40. The molecule has 32 heavy (non-hydrogen) atoms. The number of rotatable bonds is 7. The number of hydrogen-bond acceptors (Lipinski definition) is 9. The number of hydrogen-bond donors (Lipinski definition) is 0. The van der Waals surface area contributed by atoms with Crippen molar-refractivity contribution in [2.45, 2.75) is 0 Å². The number of nitrogens with zero attached hydrogens (tertiary/aromatic N) is 4. The Hall–Kier alpha value is -4.34. The van der Waals surface area contributed by atoms with Gasteiger partial charge in [0.05, 0.1) is 34.1 Å². The maximum atomic E-state index is 12.5. The third-order valence-corrected chi connectivity index (χ3v) is 4.70. The average Bonchev–Trinajstić information content (AvgIpc) is 3.33. The Balaban J connectivity index is 1.73. The summed E-state index contributed by atoms with van der Waals surface area (Å²) in [6, 6.07) is 12.0. The molecule has 0 radical (unpaired) electrons. The van der Waals surface area contributed by atoms with E-state index in [0.29, 0.717) is 28.6 Å². The Morgan fingerprint density at radius 3 is 2.16 bits per heavy atom. The Morgan fingerprint density at radius 1 is 0.875 bits per heavy atom. The summed E-state index contributed by atoms with van der Waals surface area (Å²) >= 11 is 0. The normalized spacial score (nSPS) is 10.6. The zero-order chi connectivity index (χ0) is 22.7. The van der Waals surface area contributed by atoms with Crippen molar-refractivity contribution in [3.8, 4) is 51.7 Å². The summed E-state index contributed by atoms with van der Waals surface area (Å²) in [6.07, 6.45) is 1.56. The van der Waals surface area contributed by atoms with Crippen molar-refractivity contribution in [1.29, 1.82) is 0 Å². The number of ether oxygens (including phenoxy) is 4. The molecule has 2 aromatic heterocycles. The van der Waals surface area contributed by atoms with Crippen LogP contribution in [0.1, 0.15) is 0 Å². The molecule has 2 aromatic carbocycles. The van der Waals surface area contributed by atoms with E-state index in [-0.39, 0.29) is 22.8 Å². The first-order chi connectivity index (χ1) is 15.6. The summed E-state index contributed by atoms with van der Waals surface area (Å²) in [5.41, 5.74) is 0.960. The minimum atomic E-state index is -0.352. The van der Waals surface area contributed by atoms with Gasteiger partial charge in [-0.25, -0.2) is 4.68 Å². The van der Waals surface area contributed by atoms with Gasteiger partial charge in [0.25, 0.3) is 5.89 Å². The first kappa shape index (κ1) is 20.9. The third-order valence-electron chi connectivity index (χ3n) is 4.70. The summed E-state index contributed by atoms with van der Waals surface area (Å²) in [4.78, 5) is 16.8. The van der Waals surface area contributed by atoms with Crippen LogP contribution < -0.4 is 24.4 Å². The topological polar surface area (TPSA) is 111 Å². The predicted octanol–water partition coefficient (Wildman–Crippen LogP) is 2.98. The smallest absolute Gasteiger partial charge is 0.282 e. The number of aromatic nitrogens is 4. The minimum absolute atomic E-state index is 0.0124. The van der Waals surface area contributed by atoms with Crippen molar-refractivity contribution >= 4 is 0 Å². The Kier molecular flexibility index (Phi) is 5.75. The van der Waals surface area contributed by atoms with Crippen molar-refractivity contribution in [2.24, 2.45) is 0 Å². The Labute approximate surface area is 182 Å². The van der Waals surface area contributed by atoms with Crippen LogP contribution in [-0.2, 0) is 0 Å². The number of methoxy groups -OCH3 is 4. The van der Waals surface area contributed by atoms with Crippen LogP contribution in [0, 0.1) is 0 Å². The molecule has 0 saturated heterocycles. The second-order valence-electron chi connectivity index (χ2n) is 6.51. The maximum Gasteiger partial charge on any atom is 0.282 e. The van der Waals surface area contributed by atoms with Gasteiger partial charge in [0.2, 0.25) is 17.0 Å². The van der Waals surface area contributed by atoms with Crippen molar-refractivity contribution in [3.05, 3.63) is 58.9 Å². The van der Waals surface area contributed by atoms with Gasteiger partial charge >= 0.3 is 0 Å². The van der Waals surface area contributed by atoms with Crippen LogP contribution in [-0.4, -0.2) is 48.4 Å². The van der Waals surface area contributed by atoms with Gasteiger partial charge in [-0.3, -0.25) is 4.79 Å². The van der Waals surface area contributed by atoms with Crippen LogP contribution in [0.5, 0.6) is 23.0 Å². The van der Waals surface area contributed by atoms with Gasteiger partial charge in [0.15, 0.2) is 17.2 Å². The van der Waals surface area contributed by atoms with Gasteiger partial charge in [-0.1, -0.05) is 5.16 Å². The minimum Gasteiger partial charge on any atom is -0.497 e. The van der Waals surface area contributed by atoms with Gasteiger partial charge in [-0.15, -0.1) is 0 Å². The largest absolute Gasteiger partial charge is 0.497 e. The standard InChI is InChI=1S/C22H20N4O6/c1-28-15-7-5-14(6-8-15)26-10-9-16(27)19(24-26)22-23-21(25-32-22)13-11-17(29-2)20(31-4)18(12-13)30-3/h5-12H,1-4H3. The van der Waals surface area contributed by atoms with Crippen LogP contribution in [0.3, 0.4) is 0 Å². The van der Waals surface area contributed by atoms with Gasteiger partial charge in [0, 0.05) is 17.8 Å². The van der Waals surface area contributed by atoms with Crippen LogP contribution in [0.25, 0.3) is 28.7 Å². The summed E-state index contributed by atoms with van der Waals surface area (Å²) in [6.45, 7) is 0. The second-order valence-corrected chi connectivity index (χ2v) is 6.51. The monoisotopic (exact) mass is 436 g/mol. The summed E-state index contributed by atoms with van der Waals surface area (Å²) in [5, 5.41) is 8.36. The molecule has 0 saturated carbocycles. The molecule has 2 heterocycles. The number of benzene rings is 2. The van der Waals surface area contributed by atoms with Crippen molar-refractivity contribution < 1.29 is 23.5 Å². The molecule has 0 aliphatic carbocycles. The van der Waals surface area contributed by atoms with Gasteiger partial charge in [-0.2, -0.15) is 10.1 Å². The fraction of sp³-hybridized carbons (Fsp3) is 0.182. The zero-order valence-electron chi connectivity index (χ0n) is 17.9. The molecule has 0 atom stereocenters. The van der Waals surface area contributed by atoms with E-state index in [1.54, 1.807) is 42.3 Å². The maximum absolute atomic E-state index is 12.5. The van der Waals surface area contributed by atoms with E-state index in [1.807, 2.05) is 12.1 Å². The van der Waals surface area contributed by atoms with Crippen molar-refractivity contribution in [1.82, 2.24) is 19.9 Å². The molecule has 4 rings (SSSR count). The van der Waals surface area contributed by atoms with Crippen LogP contribution in [0.4, 0.5) is 0 Å². The van der Waals surface area contributed by atoms with E-state index in [1.165, 1.54) is 27.4 Å². The molecular formula is C22H20N4O6. The molecule has 0 aliphatic rings. The molecule has 164 valence electrons. The molecule has 0 spiro atoms. The van der Waals surface area contributed by atoms with Crippen molar-refractivity contribution in [3.63, 3.8) is 0 Å². The molecule has 10 heteroatoms. The van der Waals surface area contributed by atoms with Crippen LogP contribution in [0.2, 0.25) is 0 Å². The van der Waals surface area contributed by atoms with E-state index >= 15 is 0 Å². The van der Waals surface area contributed by atoms with E-state index in [4.69, 9.17) is 23.5 Å². The molecule has 0 fully saturated rings. The van der Waals surface area contributed by atoms with Gasteiger partial charge < -0.3 is 23.5 Å². The average molecular weight is 436 g/mol. The lowest BCUT2D eigenvalue weighted by atomic mass is 10.1. The molecule has 0 unspecified atom stereocenters. The van der Waals surface area contributed by atoms with E-state index in [2.05, 4.69) is 15.2 Å². The molecule has 0 aliphatic heterocycles. The Morgan fingerprint density at radius 2 is 1.56 bits per heavy atom. The molecule has 0 bridgehead atoms. The lowest BCUT2D eigenvalue weighted by Crippen LogP contribution is -2.12. The predicted molar refractivity (Wildman–Crippen MR) is 115 cm³/mol. The Bertz CT molecular complexity index is 1270. The van der Waals surface area contributed by atoms with Crippen LogP contribution >= 0.6 is 0 Å². The fourth-order valence-corrected chi connectivity index (χ4v) is 3.08. The highest BCUT2D eigenvalue weighted by atomic mass is 16.5. The van der Waals surface area contributed by atoms with E-state index in [0.717, 1.165) is 5.69 Å². The SMILES string of the molecule is COc1ccc(-n2ccc(=O)c(-c3nc(-c4cc(OC)c(OC)c(OC)c4)no3)n2)cc1. The first-order valence-electron chi connectivity index (χ1n) is 9.46. The highest BCUT2D eigenvalue weighted by Gasteiger charge is 2.20. The lowest BCUT2D eigenvalue weighted by Gasteiger charge is -2.12. The van der Waals surface area contributed by atoms with Crippen molar-refractivity contribution in [2.75, 3.05) is 28.4 Å². The highest BCUT2D eigenvalue weighted by molar-refractivity contribution is 5.67. The van der Waals surface area contributed by atoms with E-state index in [9.17, 15) is 4.79 Å². The molecule has 10 nitrogen and oxygen atoms in total. The van der Waals surface area contributed by atoms with E-state index < -0.39 is 0 Å². The lowest BCUT2D eigenvalue weighted by molar-refractivity contribution is 0.324. The molecule has 0 amide bonds. The van der Waals surface area contributed by atoms with Crippen LogP contribution in [0.15, 0.2) is 58.0 Å².